The number of thiophene rings is 1. The normalized spacial score (nSPS) is 17.4. The summed E-state index contributed by atoms with van der Waals surface area (Å²) in [5.41, 5.74) is -1.26. The Kier molecular flexibility index (Phi) is 4.56. The average Bonchev–Trinajstić information content (AvgIpc) is 3.08. The second kappa shape index (κ2) is 6.05. The molecule has 116 valence electrons. The average molecular weight is 310 g/mol. The molecule has 0 radical (unpaired) electrons. The number of carbonyl (C=O) groups is 2. The molecule has 2 rings (SSSR count). The summed E-state index contributed by atoms with van der Waals surface area (Å²) in [5.74, 6) is -0.937. The zero-order valence-electron chi connectivity index (χ0n) is 12.4. The molecule has 1 aromatic rings. The van der Waals surface area contributed by atoms with Crippen LogP contribution in [0.4, 0.5) is 4.79 Å². The van der Waals surface area contributed by atoms with Crippen LogP contribution in [-0.2, 0) is 10.2 Å². The SMILES string of the molecule is CC(C)(CNC(=O)NC1(C(=O)O)CCCC1)c1cccs1. The molecular formula is C15H22N2O3S. The van der Waals surface area contributed by atoms with Crippen LogP contribution in [0.25, 0.3) is 0 Å². The van der Waals surface area contributed by atoms with Crippen LogP contribution in [0.5, 0.6) is 0 Å². The lowest BCUT2D eigenvalue weighted by molar-refractivity contribution is -0.144. The lowest BCUT2D eigenvalue weighted by atomic mass is 9.91. The van der Waals surface area contributed by atoms with E-state index < -0.39 is 17.5 Å². The van der Waals surface area contributed by atoms with Gasteiger partial charge in [0.2, 0.25) is 0 Å². The molecule has 1 heterocycles. The highest BCUT2D eigenvalue weighted by atomic mass is 32.1. The molecular weight excluding hydrogens is 288 g/mol. The molecule has 0 aliphatic heterocycles. The van der Waals surface area contributed by atoms with Crippen LogP contribution in [0, 0.1) is 0 Å². The van der Waals surface area contributed by atoms with Gasteiger partial charge in [0.25, 0.3) is 0 Å². The van der Waals surface area contributed by atoms with Gasteiger partial charge in [-0.25, -0.2) is 9.59 Å². The first-order valence-electron chi connectivity index (χ1n) is 7.19. The molecule has 0 unspecified atom stereocenters. The minimum Gasteiger partial charge on any atom is -0.480 e. The van der Waals surface area contributed by atoms with E-state index >= 15 is 0 Å². The van der Waals surface area contributed by atoms with Crippen molar-refractivity contribution >= 4 is 23.3 Å². The molecule has 1 aliphatic rings. The molecule has 1 saturated carbocycles. The van der Waals surface area contributed by atoms with Crippen LogP contribution >= 0.6 is 11.3 Å². The second-order valence-electron chi connectivity index (χ2n) is 6.26. The topological polar surface area (TPSA) is 78.4 Å². The molecule has 0 saturated heterocycles. The van der Waals surface area contributed by atoms with E-state index in [9.17, 15) is 14.7 Å². The molecule has 0 spiro atoms. The predicted molar refractivity (Wildman–Crippen MR) is 82.7 cm³/mol. The van der Waals surface area contributed by atoms with Crippen molar-refractivity contribution < 1.29 is 14.7 Å². The van der Waals surface area contributed by atoms with E-state index in [-0.39, 0.29) is 5.41 Å². The van der Waals surface area contributed by atoms with Crippen LogP contribution in [0.3, 0.4) is 0 Å². The van der Waals surface area contributed by atoms with Crippen LogP contribution in [0.1, 0.15) is 44.4 Å². The van der Waals surface area contributed by atoms with Crippen molar-refractivity contribution in [3.8, 4) is 0 Å². The van der Waals surface area contributed by atoms with Crippen molar-refractivity contribution in [2.24, 2.45) is 0 Å². The third-order valence-electron chi connectivity index (χ3n) is 4.10. The number of nitrogens with one attached hydrogen (secondary N) is 2. The first-order chi connectivity index (χ1) is 9.86. The highest BCUT2D eigenvalue weighted by molar-refractivity contribution is 7.10. The first kappa shape index (κ1) is 15.8. The van der Waals surface area contributed by atoms with Crippen LogP contribution in [-0.4, -0.2) is 29.2 Å². The van der Waals surface area contributed by atoms with E-state index in [0.29, 0.717) is 19.4 Å². The molecule has 0 bridgehead atoms. The van der Waals surface area contributed by atoms with Gasteiger partial charge in [0.15, 0.2) is 0 Å². The Morgan fingerprint density at radius 3 is 2.57 bits per heavy atom. The van der Waals surface area contributed by atoms with E-state index in [4.69, 9.17) is 0 Å². The van der Waals surface area contributed by atoms with Gasteiger partial charge in [-0.05, 0) is 24.3 Å². The summed E-state index contributed by atoms with van der Waals surface area (Å²) in [5, 5.41) is 16.8. The van der Waals surface area contributed by atoms with E-state index in [2.05, 4.69) is 24.5 Å². The predicted octanol–water partition coefficient (Wildman–Crippen LogP) is 2.72. The Bertz CT molecular complexity index is 505. The highest BCUT2D eigenvalue weighted by Gasteiger charge is 2.42. The molecule has 0 atom stereocenters. The Balaban J connectivity index is 1.92. The maximum absolute atomic E-state index is 12.0. The number of hydrogen-bond acceptors (Lipinski definition) is 3. The molecule has 5 nitrogen and oxygen atoms in total. The van der Waals surface area contributed by atoms with E-state index in [0.717, 1.165) is 12.8 Å². The number of hydrogen-bond donors (Lipinski definition) is 3. The third-order valence-corrected chi connectivity index (χ3v) is 5.33. The molecule has 3 N–H and O–H groups in total. The van der Waals surface area contributed by atoms with Gasteiger partial charge < -0.3 is 15.7 Å². The van der Waals surface area contributed by atoms with Gasteiger partial charge in [-0.3, -0.25) is 0 Å². The number of rotatable bonds is 5. The molecule has 2 amide bonds. The largest absolute Gasteiger partial charge is 0.480 e. The lowest BCUT2D eigenvalue weighted by Crippen LogP contribution is -2.56. The quantitative estimate of drug-likeness (QED) is 0.782. The Morgan fingerprint density at radius 2 is 2.05 bits per heavy atom. The summed E-state index contributed by atoms with van der Waals surface area (Å²) < 4.78 is 0. The molecule has 6 heteroatoms. The number of carboxylic acid groups (broad SMARTS) is 1. The summed E-state index contributed by atoms with van der Waals surface area (Å²) in [6.07, 6.45) is 2.69. The minimum atomic E-state index is -1.09. The number of urea groups is 1. The first-order valence-corrected chi connectivity index (χ1v) is 8.07. The Morgan fingerprint density at radius 1 is 1.38 bits per heavy atom. The molecule has 1 aromatic heterocycles. The highest BCUT2D eigenvalue weighted by Crippen LogP contribution is 2.30. The summed E-state index contributed by atoms with van der Waals surface area (Å²) >= 11 is 1.65. The van der Waals surface area contributed by atoms with Crippen molar-refractivity contribution in [1.82, 2.24) is 10.6 Å². The van der Waals surface area contributed by atoms with Crippen molar-refractivity contribution in [2.75, 3.05) is 6.54 Å². The van der Waals surface area contributed by atoms with E-state index in [1.807, 2.05) is 17.5 Å². The number of amides is 2. The molecule has 1 fully saturated rings. The molecule has 21 heavy (non-hydrogen) atoms. The van der Waals surface area contributed by atoms with Crippen LogP contribution < -0.4 is 10.6 Å². The van der Waals surface area contributed by atoms with Gasteiger partial charge in [-0.1, -0.05) is 32.8 Å². The van der Waals surface area contributed by atoms with Gasteiger partial charge >= 0.3 is 12.0 Å². The fourth-order valence-electron chi connectivity index (χ4n) is 2.68. The minimum absolute atomic E-state index is 0.169. The summed E-state index contributed by atoms with van der Waals surface area (Å²) in [7, 11) is 0. The van der Waals surface area contributed by atoms with Gasteiger partial charge in [0.1, 0.15) is 5.54 Å². The van der Waals surface area contributed by atoms with Crippen molar-refractivity contribution in [3.05, 3.63) is 22.4 Å². The van der Waals surface area contributed by atoms with Crippen molar-refractivity contribution in [1.29, 1.82) is 0 Å². The van der Waals surface area contributed by atoms with E-state index in [1.54, 1.807) is 11.3 Å². The van der Waals surface area contributed by atoms with Gasteiger partial charge in [0.05, 0.1) is 0 Å². The maximum Gasteiger partial charge on any atom is 0.329 e. The van der Waals surface area contributed by atoms with Crippen LogP contribution in [0.15, 0.2) is 17.5 Å². The Labute approximate surface area is 128 Å². The zero-order valence-corrected chi connectivity index (χ0v) is 13.3. The maximum atomic E-state index is 12.0. The van der Waals surface area contributed by atoms with E-state index in [1.165, 1.54) is 4.88 Å². The number of carbonyl (C=O) groups excluding carboxylic acids is 1. The lowest BCUT2D eigenvalue weighted by Gasteiger charge is -2.28. The Hall–Kier alpha value is -1.56. The third kappa shape index (κ3) is 3.56. The summed E-state index contributed by atoms with van der Waals surface area (Å²) in [6, 6.07) is 3.63. The molecule has 0 aromatic carbocycles. The second-order valence-corrected chi connectivity index (χ2v) is 7.21. The fourth-order valence-corrected chi connectivity index (χ4v) is 3.54. The van der Waals surface area contributed by atoms with Gasteiger partial charge in [-0.15, -0.1) is 11.3 Å². The van der Waals surface area contributed by atoms with Gasteiger partial charge in [0, 0.05) is 16.8 Å². The smallest absolute Gasteiger partial charge is 0.329 e. The summed E-state index contributed by atoms with van der Waals surface area (Å²) in [6.45, 7) is 4.58. The van der Waals surface area contributed by atoms with Crippen molar-refractivity contribution in [3.63, 3.8) is 0 Å². The van der Waals surface area contributed by atoms with Crippen LogP contribution in [0.2, 0.25) is 0 Å². The fraction of sp³-hybridized carbons (Fsp3) is 0.600. The van der Waals surface area contributed by atoms with Gasteiger partial charge in [-0.2, -0.15) is 0 Å². The number of aliphatic carboxylic acids is 1. The van der Waals surface area contributed by atoms with Crippen molar-refractivity contribution in [2.45, 2.75) is 50.5 Å². The standard InChI is InChI=1S/C15H22N2O3S/c1-14(2,11-6-5-9-21-11)10-16-13(20)17-15(12(18)19)7-3-4-8-15/h5-6,9H,3-4,7-8,10H2,1-2H3,(H,18,19)(H2,16,17,20). The summed E-state index contributed by atoms with van der Waals surface area (Å²) in [4.78, 5) is 24.6. The molecule has 1 aliphatic carbocycles. The monoisotopic (exact) mass is 310 g/mol. The number of carboxylic acids is 1. The zero-order chi connectivity index (χ0) is 15.5.